The van der Waals surface area contributed by atoms with Crippen molar-refractivity contribution in [3.8, 4) is 0 Å². The predicted octanol–water partition coefficient (Wildman–Crippen LogP) is 3.31. The number of aromatic nitrogens is 1. The van der Waals surface area contributed by atoms with Crippen LogP contribution < -0.4 is 10.2 Å². The summed E-state index contributed by atoms with van der Waals surface area (Å²) in [5.74, 6) is -0.371. The molecule has 1 aromatic carbocycles. The molecular formula is C12H10Cl2N2O2S. The Balaban J connectivity index is 2.34. The lowest BCUT2D eigenvalue weighted by Gasteiger charge is -2.07. The summed E-state index contributed by atoms with van der Waals surface area (Å²) in [6.45, 7) is 1.71. The lowest BCUT2D eigenvalue weighted by Crippen LogP contribution is -2.13. The SMILES string of the molecule is Cc1c(C(=O)Nc2cccc(Cl)c2Cl)sc(=O)n1C. The number of amides is 1. The van der Waals surface area contributed by atoms with Gasteiger partial charge in [0.05, 0.1) is 15.7 Å². The summed E-state index contributed by atoms with van der Waals surface area (Å²) < 4.78 is 1.43. The van der Waals surface area contributed by atoms with Gasteiger partial charge in [0, 0.05) is 12.7 Å². The third kappa shape index (κ3) is 2.68. The second-order valence-electron chi connectivity index (χ2n) is 3.90. The number of benzene rings is 1. The molecule has 0 aliphatic heterocycles. The highest BCUT2D eigenvalue weighted by Crippen LogP contribution is 2.30. The van der Waals surface area contributed by atoms with Gasteiger partial charge in [0.25, 0.3) is 5.91 Å². The molecule has 1 amide bonds. The molecule has 0 aliphatic rings. The first-order chi connectivity index (χ1) is 8.91. The lowest BCUT2D eigenvalue weighted by molar-refractivity contribution is 0.102. The van der Waals surface area contributed by atoms with Crippen LogP contribution in [0.2, 0.25) is 10.0 Å². The van der Waals surface area contributed by atoms with Gasteiger partial charge < -0.3 is 9.88 Å². The van der Waals surface area contributed by atoms with Gasteiger partial charge in [-0.2, -0.15) is 0 Å². The summed E-state index contributed by atoms with van der Waals surface area (Å²) in [4.78, 5) is 23.8. The Morgan fingerprint density at radius 2 is 2.05 bits per heavy atom. The summed E-state index contributed by atoms with van der Waals surface area (Å²) in [6.07, 6.45) is 0. The second-order valence-corrected chi connectivity index (χ2v) is 5.64. The Labute approximate surface area is 123 Å². The summed E-state index contributed by atoms with van der Waals surface area (Å²) >= 11 is 12.8. The van der Waals surface area contributed by atoms with Crippen LogP contribution in [0.15, 0.2) is 23.0 Å². The van der Waals surface area contributed by atoms with E-state index in [1.165, 1.54) is 4.57 Å². The zero-order chi connectivity index (χ0) is 14.2. The average molecular weight is 317 g/mol. The lowest BCUT2D eigenvalue weighted by atomic mass is 10.3. The van der Waals surface area contributed by atoms with Gasteiger partial charge in [0.15, 0.2) is 0 Å². The van der Waals surface area contributed by atoms with Crippen LogP contribution in [-0.2, 0) is 7.05 Å². The number of rotatable bonds is 2. The van der Waals surface area contributed by atoms with Crippen LogP contribution >= 0.6 is 34.5 Å². The molecule has 0 aliphatic carbocycles. The summed E-state index contributed by atoms with van der Waals surface area (Å²) in [5.41, 5.74) is 1.03. The monoisotopic (exact) mass is 316 g/mol. The zero-order valence-electron chi connectivity index (χ0n) is 10.2. The smallest absolute Gasteiger partial charge is 0.307 e. The van der Waals surface area contributed by atoms with Gasteiger partial charge in [-0.05, 0) is 19.1 Å². The molecule has 2 rings (SSSR count). The average Bonchev–Trinajstić information content (AvgIpc) is 2.63. The third-order valence-electron chi connectivity index (χ3n) is 2.70. The van der Waals surface area contributed by atoms with Crippen molar-refractivity contribution in [3.63, 3.8) is 0 Å². The minimum atomic E-state index is -0.371. The number of thiazole rings is 1. The molecule has 4 nitrogen and oxygen atoms in total. The Morgan fingerprint density at radius 3 is 2.63 bits per heavy atom. The van der Waals surface area contributed by atoms with Gasteiger partial charge in [-0.1, -0.05) is 40.6 Å². The van der Waals surface area contributed by atoms with Crippen LogP contribution in [-0.4, -0.2) is 10.5 Å². The molecule has 0 spiro atoms. The minimum absolute atomic E-state index is 0.181. The van der Waals surface area contributed by atoms with Gasteiger partial charge in [-0.3, -0.25) is 9.59 Å². The van der Waals surface area contributed by atoms with E-state index in [1.54, 1.807) is 32.2 Å². The van der Waals surface area contributed by atoms with Crippen LogP contribution in [0, 0.1) is 6.92 Å². The molecule has 1 aromatic heterocycles. The summed E-state index contributed by atoms with van der Waals surface area (Å²) in [7, 11) is 1.62. The maximum absolute atomic E-state index is 12.1. The topological polar surface area (TPSA) is 51.1 Å². The van der Waals surface area contributed by atoms with E-state index in [4.69, 9.17) is 23.2 Å². The van der Waals surface area contributed by atoms with E-state index in [2.05, 4.69) is 5.32 Å². The number of nitrogens with zero attached hydrogens (tertiary/aromatic N) is 1. The summed E-state index contributed by atoms with van der Waals surface area (Å²) in [5, 5.41) is 3.29. The number of carbonyl (C=O) groups is 1. The van der Waals surface area contributed by atoms with Crippen molar-refractivity contribution in [1.29, 1.82) is 0 Å². The van der Waals surface area contributed by atoms with Crippen LogP contribution in [0.5, 0.6) is 0 Å². The first kappa shape index (κ1) is 14.1. The van der Waals surface area contributed by atoms with Crippen LogP contribution in [0.3, 0.4) is 0 Å². The zero-order valence-corrected chi connectivity index (χ0v) is 12.5. The van der Waals surface area contributed by atoms with Crippen molar-refractivity contribution >= 4 is 46.1 Å². The molecule has 0 fully saturated rings. The van der Waals surface area contributed by atoms with Crippen molar-refractivity contribution in [3.05, 3.63) is 48.5 Å². The Bertz CT molecular complexity index is 706. The molecule has 0 atom stereocenters. The van der Waals surface area contributed by atoms with Gasteiger partial charge >= 0.3 is 4.87 Å². The Hall–Kier alpha value is -1.30. The van der Waals surface area contributed by atoms with E-state index < -0.39 is 0 Å². The highest BCUT2D eigenvalue weighted by atomic mass is 35.5. The quantitative estimate of drug-likeness (QED) is 0.924. The van der Waals surface area contributed by atoms with Gasteiger partial charge in [-0.15, -0.1) is 0 Å². The van der Waals surface area contributed by atoms with Crippen LogP contribution in [0.25, 0.3) is 0 Å². The van der Waals surface area contributed by atoms with Gasteiger partial charge in [-0.25, -0.2) is 0 Å². The van der Waals surface area contributed by atoms with Crippen LogP contribution in [0.1, 0.15) is 15.4 Å². The van der Waals surface area contributed by atoms with E-state index in [9.17, 15) is 9.59 Å². The molecule has 1 heterocycles. The number of halogens is 2. The number of carbonyl (C=O) groups excluding carboxylic acids is 1. The third-order valence-corrected chi connectivity index (χ3v) is 4.65. The second kappa shape index (κ2) is 5.36. The normalized spacial score (nSPS) is 10.5. The van der Waals surface area contributed by atoms with E-state index >= 15 is 0 Å². The van der Waals surface area contributed by atoms with Gasteiger partial charge in [0.1, 0.15) is 4.88 Å². The molecule has 100 valence electrons. The maximum atomic E-state index is 12.1. The molecule has 1 N–H and O–H groups in total. The first-order valence-corrected chi connectivity index (χ1v) is 6.91. The van der Waals surface area contributed by atoms with Crippen molar-refractivity contribution in [2.45, 2.75) is 6.92 Å². The van der Waals surface area contributed by atoms with Crippen molar-refractivity contribution in [2.75, 3.05) is 5.32 Å². The molecule has 0 saturated carbocycles. The maximum Gasteiger partial charge on any atom is 0.307 e. The molecule has 0 bridgehead atoms. The van der Waals surface area contributed by atoms with E-state index in [0.717, 1.165) is 11.3 Å². The molecule has 0 unspecified atom stereocenters. The fraction of sp³-hybridized carbons (Fsp3) is 0.167. The van der Waals surface area contributed by atoms with Crippen molar-refractivity contribution in [1.82, 2.24) is 4.57 Å². The number of hydrogen-bond acceptors (Lipinski definition) is 3. The standard InChI is InChI=1S/C12H10Cl2N2O2S/c1-6-10(19-12(18)16(6)2)11(17)15-8-5-3-4-7(13)9(8)14/h3-5H,1-2H3,(H,15,17). The van der Waals surface area contributed by atoms with E-state index in [-0.39, 0.29) is 15.8 Å². The van der Waals surface area contributed by atoms with Crippen molar-refractivity contribution in [2.24, 2.45) is 7.05 Å². The summed E-state index contributed by atoms with van der Waals surface area (Å²) in [6, 6.07) is 4.96. The minimum Gasteiger partial charge on any atom is -0.320 e. The van der Waals surface area contributed by atoms with Gasteiger partial charge in [0.2, 0.25) is 0 Å². The first-order valence-electron chi connectivity index (χ1n) is 5.33. The highest BCUT2D eigenvalue weighted by molar-refractivity contribution is 7.11. The molecule has 7 heteroatoms. The van der Waals surface area contributed by atoms with Crippen molar-refractivity contribution < 1.29 is 4.79 Å². The molecule has 0 saturated heterocycles. The molecule has 2 aromatic rings. The fourth-order valence-electron chi connectivity index (χ4n) is 1.51. The highest BCUT2D eigenvalue weighted by Gasteiger charge is 2.17. The Kier molecular flexibility index (Phi) is 3.99. The number of hydrogen-bond donors (Lipinski definition) is 1. The molecule has 0 radical (unpaired) electrons. The number of anilines is 1. The largest absolute Gasteiger partial charge is 0.320 e. The van der Waals surface area contributed by atoms with Crippen LogP contribution in [0.4, 0.5) is 5.69 Å². The fourth-order valence-corrected chi connectivity index (χ4v) is 2.73. The predicted molar refractivity (Wildman–Crippen MR) is 78.7 cm³/mol. The van der Waals surface area contributed by atoms with E-state index in [1.807, 2.05) is 0 Å². The number of nitrogens with one attached hydrogen (secondary N) is 1. The Morgan fingerprint density at radius 1 is 1.37 bits per heavy atom. The van der Waals surface area contributed by atoms with E-state index in [0.29, 0.717) is 21.3 Å². The molecular weight excluding hydrogens is 307 g/mol. The molecule has 19 heavy (non-hydrogen) atoms.